The van der Waals surface area contributed by atoms with Crippen molar-refractivity contribution in [3.05, 3.63) is 35.4 Å². The van der Waals surface area contributed by atoms with Crippen molar-refractivity contribution in [3.63, 3.8) is 0 Å². The first kappa shape index (κ1) is 13.2. The second-order valence-corrected chi connectivity index (χ2v) is 4.33. The van der Waals surface area contributed by atoms with Gasteiger partial charge in [0.1, 0.15) is 11.6 Å². The van der Waals surface area contributed by atoms with Gasteiger partial charge >= 0.3 is 5.97 Å². The first-order chi connectivity index (χ1) is 8.97. The summed E-state index contributed by atoms with van der Waals surface area (Å²) in [6.45, 7) is 1.67. The fourth-order valence-corrected chi connectivity index (χ4v) is 1.76. The Balaban J connectivity index is 2.28. The Morgan fingerprint density at radius 3 is 2.84 bits per heavy atom. The molecule has 1 heterocycles. The van der Waals surface area contributed by atoms with Gasteiger partial charge in [-0.15, -0.1) is 0 Å². The number of carboxylic acids is 1. The van der Waals surface area contributed by atoms with Crippen LogP contribution in [-0.2, 0) is 18.3 Å². The molecule has 0 saturated carbocycles. The molecule has 6 heteroatoms. The molecular formula is C13H14FN3O2. The van der Waals surface area contributed by atoms with Gasteiger partial charge < -0.3 is 5.11 Å². The Hall–Kier alpha value is -2.24. The Morgan fingerprint density at radius 2 is 2.21 bits per heavy atom. The molecule has 0 aliphatic carbocycles. The maximum atomic E-state index is 13.2. The number of aliphatic carboxylic acids is 1. The molecule has 2 rings (SSSR count). The fourth-order valence-electron chi connectivity index (χ4n) is 1.76. The van der Waals surface area contributed by atoms with E-state index in [0.29, 0.717) is 23.6 Å². The summed E-state index contributed by atoms with van der Waals surface area (Å²) in [4.78, 5) is 14.8. The quantitative estimate of drug-likeness (QED) is 0.915. The van der Waals surface area contributed by atoms with Crippen LogP contribution in [0.2, 0.25) is 0 Å². The van der Waals surface area contributed by atoms with Crippen molar-refractivity contribution in [3.8, 4) is 11.4 Å². The maximum absolute atomic E-state index is 13.2. The third kappa shape index (κ3) is 2.96. The van der Waals surface area contributed by atoms with Crippen LogP contribution in [0.5, 0.6) is 0 Å². The molecule has 0 aliphatic rings. The van der Waals surface area contributed by atoms with Crippen molar-refractivity contribution in [2.24, 2.45) is 7.05 Å². The molecule has 19 heavy (non-hydrogen) atoms. The van der Waals surface area contributed by atoms with Gasteiger partial charge in [0.2, 0.25) is 0 Å². The highest BCUT2D eigenvalue weighted by molar-refractivity contribution is 5.67. The zero-order valence-corrected chi connectivity index (χ0v) is 10.7. The summed E-state index contributed by atoms with van der Waals surface area (Å²) in [7, 11) is 1.71. The number of hydrogen-bond donors (Lipinski definition) is 1. The number of hydrogen-bond acceptors (Lipinski definition) is 3. The lowest BCUT2D eigenvalue weighted by Gasteiger charge is -1.98. The van der Waals surface area contributed by atoms with E-state index in [2.05, 4.69) is 10.1 Å². The normalized spacial score (nSPS) is 10.7. The molecule has 100 valence electrons. The molecule has 1 aromatic carbocycles. The van der Waals surface area contributed by atoms with Gasteiger partial charge in [0.15, 0.2) is 5.82 Å². The van der Waals surface area contributed by atoms with E-state index >= 15 is 0 Å². The number of halogens is 1. The molecular weight excluding hydrogens is 249 g/mol. The van der Waals surface area contributed by atoms with E-state index in [-0.39, 0.29) is 12.2 Å². The molecule has 0 radical (unpaired) electrons. The third-order valence-corrected chi connectivity index (χ3v) is 2.83. The summed E-state index contributed by atoms with van der Waals surface area (Å²) < 4.78 is 14.7. The number of carbonyl (C=O) groups is 1. The zero-order chi connectivity index (χ0) is 14.0. The summed E-state index contributed by atoms with van der Waals surface area (Å²) in [5, 5.41) is 12.9. The highest BCUT2D eigenvalue weighted by Crippen LogP contribution is 2.19. The highest BCUT2D eigenvalue weighted by atomic mass is 19.1. The average Bonchev–Trinajstić information content (AvgIpc) is 2.71. The van der Waals surface area contributed by atoms with Crippen LogP contribution >= 0.6 is 0 Å². The molecule has 0 bridgehead atoms. The maximum Gasteiger partial charge on any atom is 0.303 e. The van der Waals surface area contributed by atoms with E-state index in [9.17, 15) is 9.18 Å². The van der Waals surface area contributed by atoms with Crippen LogP contribution in [0.1, 0.15) is 17.8 Å². The molecule has 0 spiro atoms. The fraction of sp³-hybridized carbons (Fsp3) is 0.308. The number of carboxylic acid groups (broad SMARTS) is 1. The average molecular weight is 263 g/mol. The van der Waals surface area contributed by atoms with Crippen LogP contribution in [-0.4, -0.2) is 25.8 Å². The van der Waals surface area contributed by atoms with E-state index < -0.39 is 5.97 Å². The summed E-state index contributed by atoms with van der Waals surface area (Å²) in [6.07, 6.45) is 0.327. The molecule has 0 aliphatic heterocycles. The van der Waals surface area contributed by atoms with E-state index in [1.807, 2.05) is 0 Å². The lowest BCUT2D eigenvalue weighted by Crippen LogP contribution is -2.03. The molecule has 0 saturated heterocycles. The monoisotopic (exact) mass is 263 g/mol. The molecule has 5 nitrogen and oxygen atoms in total. The van der Waals surface area contributed by atoms with Gasteiger partial charge in [-0.1, -0.05) is 0 Å². The predicted molar refractivity (Wildman–Crippen MR) is 67.1 cm³/mol. The second-order valence-electron chi connectivity index (χ2n) is 4.33. The number of benzene rings is 1. The summed E-state index contributed by atoms with van der Waals surface area (Å²) in [5.41, 5.74) is 1.24. The van der Waals surface area contributed by atoms with Crippen molar-refractivity contribution >= 4 is 5.97 Å². The number of rotatable bonds is 4. The van der Waals surface area contributed by atoms with E-state index in [1.54, 1.807) is 30.8 Å². The SMILES string of the molecule is Cc1cc(-c2nc(CCC(=O)O)n(C)n2)ccc1F. The zero-order valence-electron chi connectivity index (χ0n) is 10.7. The number of aryl methyl sites for hydroxylation is 3. The Labute approximate surface area is 109 Å². The molecule has 1 aromatic heterocycles. The van der Waals surface area contributed by atoms with Gasteiger partial charge in [-0.25, -0.2) is 9.37 Å². The van der Waals surface area contributed by atoms with Crippen molar-refractivity contribution in [1.82, 2.24) is 14.8 Å². The van der Waals surface area contributed by atoms with Crippen LogP contribution in [0, 0.1) is 12.7 Å². The first-order valence-electron chi connectivity index (χ1n) is 5.85. The van der Waals surface area contributed by atoms with Crippen molar-refractivity contribution in [1.29, 1.82) is 0 Å². The van der Waals surface area contributed by atoms with Crippen molar-refractivity contribution < 1.29 is 14.3 Å². The van der Waals surface area contributed by atoms with Crippen molar-refractivity contribution in [2.45, 2.75) is 19.8 Å². The van der Waals surface area contributed by atoms with E-state index in [1.165, 1.54) is 6.07 Å². The predicted octanol–water partition coefficient (Wildman–Crippen LogP) is 1.95. The van der Waals surface area contributed by atoms with Gasteiger partial charge in [-0.05, 0) is 30.7 Å². The minimum Gasteiger partial charge on any atom is -0.481 e. The lowest BCUT2D eigenvalue weighted by molar-refractivity contribution is -0.137. The van der Waals surface area contributed by atoms with Crippen LogP contribution in [0.15, 0.2) is 18.2 Å². The standard InChI is InChI=1S/C13H14FN3O2/c1-8-7-9(3-4-10(8)14)13-15-11(17(2)16-13)5-6-12(18)19/h3-4,7H,5-6H2,1-2H3,(H,18,19). The van der Waals surface area contributed by atoms with Gasteiger partial charge in [-0.3, -0.25) is 9.48 Å². The molecule has 1 N–H and O–H groups in total. The van der Waals surface area contributed by atoms with Crippen LogP contribution in [0.25, 0.3) is 11.4 Å². The lowest BCUT2D eigenvalue weighted by atomic mass is 10.1. The van der Waals surface area contributed by atoms with Crippen LogP contribution < -0.4 is 0 Å². The van der Waals surface area contributed by atoms with Crippen molar-refractivity contribution in [2.75, 3.05) is 0 Å². The number of aromatic nitrogens is 3. The first-order valence-corrected chi connectivity index (χ1v) is 5.85. The minimum absolute atomic E-state index is 0.00835. The molecule has 0 amide bonds. The van der Waals surface area contributed by atoms with E-state index in [0.717, 1.165) is 5.56 Å². The Kier molecular flexibility index (Phi) is 3.59. The molecule has 0 atom stereocenters. The Bertz CT molecular complexity index is 622. The number of nitrogens with zero attached hydrogens (tertiary/aromatic N) is 3. The second kappa shape index (κ2) is 5.17. The smallest absolute Gasteiger partial charge is 0.303 e. The minimum atomic E-state index is -0.873. The van der Waals surface area contributed by atoms with Gasteiger partial charge in [0, 0.05) is 19.0 Å². The van der Waals surface area contributed by atoms with Crippen LogP contribution in [0.4, 0.5) is 4.39 Å². The van der Waals surface area contributed by atoms with Crippen LogP contribution in [0.3, 0.4) is 0 Å². The molecule has 0 unspecified atom stereocenters. The van der Waals surface area contributed by atoms with Gasteiger partial charge in [0.25, 0.3) is 0 Å². The third-order valence-electron chi connectivity index (χ3n) is 2.83. The summed E-state index contributed by atoms with van der Waals surface area (Å²) in [5.74, 6) is -0.0710. The summed E-state index contributed by atoms with van der Waals surface area (Å²) >= 11 is 0. The van der Waals surface area contributed by atoms with E-state index in [4.69, 9.17) is 5.11 Å². The Morgan fingerprint density at radius 1 is 1.47 bits per heavy atom. The highest BCUT2D eigenvalue weighted by Gasteiger charge is 2.11. The summed E-state index contributed by atoms with van der Waals surface area (Å²) in [6, 6.07) is 4.65. The van der Waals surface area contributed by atoms with Gasteiger partial charge in [0.05, 0.1) is 6.42 Å². The topological polar surface area (TPSA) is 68.0 Å². The molecule has 0 fully saturated rings. The largest absolute Gasteiger partial charge is 0.481 e. The van der Waals surface area contributed by atoms with Gasteiger partial charge in [-0.2, -0.15) is 5.10 Å². The molecule has 2 aromatic rings.